The lowest BCUT2D eigenvalue weighted by atomic mass is 10.0. The van der Waals surface area contributed by atoms with Gasteiger partial charge < -0.3 is 20.8 Å². The molecule has 6 nitrogen and oxygen atoms in total. The first-order chi connectivity index (χ1) is 15.2. The fourth-order valence-corrected chi connectivity index (χ4v) is 4.72. The monoisotopic (exact) mass is 465 g/mol. The van der Waals surface area contributed by atoms with Gasteiger partial charge in [0, 0.05) is 62.1 Å². The van der Waals surface area contributed by atoms with Gasteiger partial charge in [-0.3, -0.25) is 9.00 Å². The quantitative estimate of drug-likeness (QED) is 0.368. The standard InChI is InChI=1S/C18H18F2N2O2.C5H11NOS/c1-2-4-16(21)15-9-12(11-23)7-8-17(15)22-13-5-3-6-14(10-13)24-18(19)20;1-5(6-2)3-8(7)4-5/h3,5-11,18,21-22H,2,4H2,1H3;6H,3-4H2,1-2H3. The number of carbonyl (C=O) groups excluding carboxylic acids is 1. The number of anilines is 2. The van der Waals surface area contributed by atoms with Crippen LogP contribution in [0.4, 0.5) is 20.2 Å². The molecule has 0 radical (unpaired) electrons. The lowest BCUT2D eigenvalue weighted by molar-refractivity contribution is -0.0498. The van der Waals surface area contributed by atoms with Crippen molar-refractivity contribution < 1.29 is 22.5 Å². The molecule has 1 aliphatic rings. The number of nitrogens with one attached hydrogen (secondary N) is 3. The molecule has 32 heavy (non-hydrogen) atoms. The van der Waals surface area contributed by atoms with Gasteiger partial charge in [0.25, 0.3) is 0 Å². The van der Waals surface area contributed by atoms with Gasteiger partial charge in [-0.05, 0) is 50.7 Å². The Bertz CT molecular complexity index is 961. The van der Waals surface area contributed by atoms with E-state index < -0.39 is 17.4 Å². The summed E-state index contributed by atoms with van der Waals surface area (Å²) in [5, 5.41) is 14.4. The minimum atomic E-state index is -2.89. The Hall–Kier alpha value is -2.65. The molecule has 0 aromatic heterocycles. The van der Waals surface area contributed by atoms with Crippen LogP contribution >= 0.6 is 0 Å². The van der Waals surface area contributed by atoms with Crippen LogP contribution in [0.3, 0.4) is 0 Å². The molecule has 0 aliphatic carbocycles. The molecule has 3 N–H and O–H groups in total. The number of halogens is 2. The van der Waals surface area contributed by atoms with Crippen molar-refractivity contribution in [2.24, 2.45) is 0 Å². The maximum Gasteiger partial charge on any atom is 0.387 e. The fraction of sp³-hybridized carbons (Fsp3) is 0.391. The Morgan fingerprint density at radius 3 is 2.53 bits per heavy atom. The molecule has 9 heteroatoms. The van der Waals surface area contributed by atoms with Crippen LogP contribution in [0.2, 0.25) is 0 Å². The lowest BCUT2D eigenvalue weighted by Crippen LogP contribution is -2.58. The van der Waals surface area contributed by atoms with E-state index in [4.69, 9.17) is 5.41 Å². The van der Waals surface area contributed by atoms with Crippen molar-refractivity contribution in [3.63, 3.8) is 0 Å². The maximum absolute atomic E-state index is 12.3. The first-order valence-corrected chi connectivity index (χ1v) is 11.7. The molecular weight excluding hydrogens is 436 g/mol. The molecule has 0 unspecified atom stereocenters. The van der Waals surface area contributed by atoms with Crippen molar-refractivity contribution in [2.45, 2.75) is 38.8 Å². The minimum Gasteiger partial charge on any atom is -0.435 e. The molecule has 1 saturated heterocycles. The van der Waals surface area contributed by atoms with E-state index in [9.17, 15) is 17.8 Å². The third-order valence-electron chi connectivity index (χ3n) is 4.91. The zero-order valence-electron chi connectivity index (χ0n) is 18.4. The first kappa shape index (κ1) is 25.6. The fourth-order valence-electron chi connectivity index (χ4n) is 3.10. The maximum atomic E-state index is 12.3. The summed E-state index contributed by atoms with van der Waals surface area (Å²) < 4.78 is 39.6. The predicted octanol–water partition coefficient (Wildman–Crippen LogP) is 4.74. The number of aldehydes is 1. The zero-order chi connectivity index (χ0) is 23.7. The van der Waals surface area contributed by atoms with Crippen molar-refractivity contribution in [3.8, 4) is 5.75 Å². The molecule has 1 heterocycles. The summed E-state index contributed by atoms with van der Waals surface area (Å²) in [7, 11) is 1.39. The van der Waals surface area contributed by atoms with Crippen LogP contribution in [0.1, 0.15) is 42.6 Å². The van der Waals surface area contributed by atoms with E-state index in [1.807, 2.05) is 14.0 Å². The molecule has 2 aromatic carbocycles. The number of rotatable bonds is 9. The average molecular weight is 466 g/mol. The Kier molecular flexibility index (Phi) is 9.46. The van der Waals surface area contributed by atoms with E-state index in [1.54, 1.807) is 30.3 Å². The highest BCUT2D eigenvalue weighted by atomic mass is 32.2. The summed E-state index contributed by atoms with van der Waals surface area (Å²) in [4.78, 5) is 11.0. The van der Waals surface area contributed by atoms with E-state index in [0.717, 1.165) is 24.2 Å². The average Bonchev–Trinajstić information content (AvgIpc) is 2.73. The molecule has 0 saturated carbocycles. The second-order valence-corrected chi connectivity index (χ2v) is 9.18. The molecular formula is C23H29F2N3O3S. The normalized spacial score (nSPS) is 19.4. The van der Waals surface area contributed by atoms with Crippen LogP contribution in [-0.2, 0) is 10.8 Å². The smallest absolute Gasteiger partial charge is 0.387 e. The summed E-state index contributed by atoms with van der Waals surface area (Å²) in [5.41, 5.74) is 2.87. The minimum absolute atomic E-state index is 0.0460. The van der Waals surface area contributed by atoms with Crippen molar-refractivity contribution in [1.29, 1.82) is 5.41 Å². The molecule has 0 atom stereocenters. The third-order valence-corrected chi connectivity index (χ3v) is 6.82. The van der Waals surface area contributed by atoms with Crippen molar-refractivity contribution in [1.82, 2.24) is 5.32 Å². The summed E-state index contributed by atoms with van der Waals surface area (Å²) >= 11 is 0. The Balaban J connectivity index is 0.000000380. The Morgan fingerprint density at radius 1 is 1.28 bits per heavy atom. The van der Waals surface area contributed by atoms with Crippen LogP contribution < -0.4 is 15.4 Å². The van der Waals surface area contributed by atoms with E-state index in [1.165, 1.54) is 12.1 Å². The van der Waals surface area contributed by atoms with Crippen LogP contribution in [-0.4, -0.2) is 46.9 Å². The van der Waals surface area contributed by atoms with Crippen LogP contribution in [0.5, 0.6) is 5.75 Å². The molecule has 3 rings (SSSR count). The molecule has 2 aromatic rings. The van der Waals surface area contributed by atoms with Crippen LogP contribution in [0, 0.1) is 5.41 Å². The van der Waals surface area contributed by atoms with Crippen molar-refractivity contribution in [3.05, 3.63) is 53.6 Å². The highest BCUT2D eigenvalue weighted by Crippen LogP contribution is 2.26. The summed E-state index contributed by atoms with van der Waals surface area (Å²) in [6, 6.07) is 11.2. The Morgan fingerprint density at radius 2 is 2.00 bits per heavy atom. The predicted molar refractivity (Wildman–Crippen MR) is 125 cm³/mol. The number of alkyl halides is 2. The number of benzene rings is 2. The van der Waals surface area contributed by atoms with Gasteiger partial charge in [0.2, 0.25) is 0 Å². The largest absolute Gasteiger partial charge is 0.435 e. The van der Waals surface area contributed by atoms with Gasteiger partial charge in [-0.25, -0.2) is 0 Å². The highest BCUT2D eigenvalue weighted by Gasteiger charge is 2.36. The Labute approximate surface area is 189 Å². The highest BCUT2D eigenvalue weighted by molar-refractivity contribution is 7.86. The second kappa shape index (κ2) is 11.8. The van der Waals surface area contributed by atoms with E-state index in [2.05, 4.69) is 22.3 Å². The molecule has 1 aliphatic heterocycles. The zero-order valence-corrected chi connectivity index (χ0v) is 19.2. The molecule has 1 fully saturated rings. The van der Waals surface area contributed by atoms with Gasteiger partial charge in [-0.2, -0.15) is 8.78 Å². The number of hydrogen-bond acceptors (Lipinski definition) is 6. The van der Waals surface area contributed by atoms with Gasteiger partial charge in [0.15, 0.2) is 0 Å². The van der Waals surface area contributed by atoms with Gasteiger partial charge >= 0.3 is 6.61 Å². The second-order valence-electron chi connectivity index (χ2n) is 7.72. The molecule has 0 amide bonds. The van der Waals surface area contributed by atoms with E-state index in [0.29, 0.717) is 34.6 Å². The summed E-state index contributed by atoms with van der Waals surface area (Å²) in [6.07, 6.45) is 2.11. The topological polar surface area (TPSA) is 91.3 Å². The number of ether oxygens (including phenoxy) is 1. The van der Waals surface area contributed by atoms with Crippen molar-refractivity contribution >= 4 is 34.2 Å². The lowest BCUT2D eigenvalue weighted by Gasteiger charge is -2.36. The first-order valence-electron chi connectivity index (χ1n) is 10.2. The SMILES string of the molecule is CCCC(=N)c1cc(C=O)ccc1Nc1cccc(OC(F)F)c1.CNC1(C)CS(=O)C1. The van der Waals surface area contributed by atoms with E-state index >= 15 is 0 Å². The van der Waals surface area contributed by atoms with Crippen LogP contribution in [0.15, 0.2) is 42.5 Å². The van der Waals surface area contributed by atoms with Gasteiger partial charge in [0.05, 0.1) is 0 Å². The number of hydrogen-bond donors (Lipinski definition) is 3. The molecule has 0 spiro atoms. The third kappa shape index (κ3) is 7.49. The van der Waals surface area contributed by atoms with Gasteiger partial charge in [-0.15, -0.1) is 0 Å². The molecule has 174 valence electrons. The van der Waals surface area contributed by atoms with E-state index in [-0.39, 0.29) is 11.3 Å². The van der Waals surface area contributed by atoms with Crippen LogP contribution in [0.25, 0.3) is 0 Å². The summed E-state index contributed by atoms with van der Waals surface area (Å²) in [6.45, 7) is 1.17. The van der Waals surface area contributed by atoms with Gasteiger partial charge in [0.1, 0.15) is 12.0 Å². The van der Waals surface area contributed by atoms with Crippen molar-refractivity contribution in [2.75, 3.05) is 23.9 Å². The molecule has 0 bridgehead atoms. The summed E-state index contributed by atoms with van der Waals surface area (Å²) in [5.74, 6) is 1.69. The number of carbonyl (C=O) groups is 1. The van der Waals surface area contributed by atoms with Gasteiger partial charge in [-0.1, -0.05) is 19.4 Å².